The monoisotopic (exact) mass is 257 g/mol. The van der Waals surface area contributed by atoms with Crippen molar-refractivity contribution in [2.45, 2.75) is 20.0 Å². The molecule has 0 spiro atoms. The summed E-state index contributed by atoms with van der Waals surface area (Å²) in [6.07, 6.45) is 0. The Labute approximate surface area is 111 Å². The Kier molecular flexibility index (Phi) is 3.02. The van der Waals surface area contributed by atoms with E-state index in [1.54, 1.807) is 11.3 Å². The van der Waals surface area contributed by atoms with Crippen molar-refractivity contribution >= 4 is 17.1 Å². The predicted molar refractivity (Wildman–Crippen MR) is 73.9 cm³/mol. The van der Waals surface area contributed by atoms with Gasteiger partial charge in [0.25, 0.3) is 0 Å². The van der Waals surface area contributed by atoms with E-state index in [0.29, 0.717) is 6.54 Å². The van der Waals surface area contributed by atoms with E-state index in [-0.39, 0.29) is 5.78 Å². The Morgan fingerprint density at radius 2 is 1.83 bits per heavy atom. The molecule has 0 saturated heterocycles. The Bertz CT molecular complexity index is 563. The lowest BCUT2D eigenvalue weighted by Gasteiger charge is -2.12. The molecular weight excluding hydrogens is 242 g/mol. The van der Waals surface area contributed by atoms with Gasteiger partial charge in [0.15, 0.2) is 5.78 Å². The van der Waals surface area contributed by atoms with Crippen molar-refractivity contribution in [3.05, 3.63) is 57.3 Å². The van der Waals surface area contributed by atoms with Crippen LogP contribution in [0.15, 0.2) is 36.4 Å². The van der Waals surface area contributed by atoms with Crippen molar-refractivity contribution in [2.75, 3.05) is 6.54 Å². The van der Waals surface area contributed by atoms with E-state index in [9.17, 15) is 4.79 Å². The van der Waals surface area contributed by atoms with Crippen LogP contribution in [0.3, 0.4) is 0 Å². The molecule has 0 atom stereocenters. The van der Waals surface area contributed by atoms with Gasteiger partial charge in [0.2, 0.25) is 0 Å². The zero-order chi connectivity index (χ0) is 12.5. The highest BCUT2D eigenvalue weighted by Gasteiger charge is 2.21. The van der Waals surface area contributed by atoms with Crippen LogP contribution in [-0.2, 0) is 13.1 Å². The number of Topliss-reactive ketones (excluding diaryl/α,β-unsaturated/α-hetero) is 1. The van der Waals surface area contributed by atoms with Gasteiger partial charge in [0.1, 0.15) is 0 Å². The first-order valence-corrected chi connectivity index (χ1v) is 6.93. The van der Waals surface area contributed by atoms with Gasteiger partial charge in [0.05, 0.1) is 11.4 Å². The van der Waals surface area contributed by atoms with Crippen LogP contribution >= 0.6 is 11.3 Å². The summed E-state index contributed by atoms with van der Waals surface area (Å²) in [5, 5.41) is 0. The number of aryl methyl sites for hydroxylation is 1. The van der Waals surface area contributed by atoms with Crippen LogP contribution < -0.4 is 0 Å². The molecule has 18 heavy (non-hydrogen) atoms. The minimum absolute atomic E-state index is 0.237. The maximum atomic E-state index is 12.1. The lowest BCUT2D eigenvalue weighted by molar-refractivity contribution is 0.0933. The maximum absolute atomic E-state index is 12.1. The fourth-order valence-corrected chi connectivity index (χ4v) is 3.18. The quantitative estimate of drug-likeness (QED) is 0.787. The number of ketones is 1. The molecule has 0 fully saturated rings. The average Bonchev–Trinajstić information content (AvgIpc) is 2.94. The first-order chi connectivity index (χ1) is 8.72. The number of thiophene rings is 1. The molecule has 2 aromatic rings. The SMILES string of the molecule is Cc1ccc(C(=O)CN2Cc3ccccc3C2)s1. The number of nitrogens with zero attached hydrogens (tertiary/aromatic N) is 1. The van der Waals surface area contributed by atoms with E-state index < -0.39 is 0 Å². The fourth-order valence-electron chi connectivity index (χ4n) is 2.38. The van der Waals surface area contributed by atoms with Gasteiger partial charge in [-0.1, -0.05) is 24.3 Å². The van der Waals surface area contributed by atoms with Gasteiger partial charge in [-0.3, -0.25) is 9.69 Å². The van der Waals surface area contributed by atoms with Crippen molar-refractivity contribution in [2.24, 2.45) is 0 Å². The van der Waals surface area contributed by atoms with E-state index in [1.165, 1.54) is 16.0 Å². The Hall–Kier alpha value is -1.45. The molecule has 92 valence electrons. The molecule has 1 aliphatic rings. The van der Waals surface area contributed by atoms with E-state index in [2.05, 4.69) is 29.2 Å². The average molecular weight is 257 g/mol. The lowest BCUT2D eigenvalue weighted by atomic mass is 10.1. The van der Waals surface area contributed by atoms with Crippen molar-refractivity contribution < 1.29 is 4.79 Å². The summed E-state index contributed by atoms with van der Waals surface area (Å²) >= 11 is 1.59. The van der Waals surface area contributed by atoms with E-state index in [0.717, 1.165) is 18.0 Å². The zero-order valence-electron chi connectivity index (χ0n) is 10.3. The molecule has 1 aromatic carbocycles. The molecule has 0 aliphatic carbocycles. The number of benzene rings is 1. The summed E-state index contributed by atoms with van der Waals surface area (Å²) in [5.41, 5.74) is 2.71. The van der Waals surface area contributed by atoms with Gasteiger partial charge in [-0.15, -0.1) is 11.3 Å². The lowest BCUT2D eigenvalue weighted by Crippen LogP contribution is -2.24. The fraction of sp³-hybridized carbons (Fsp3) is 0.267. The first-order valence-electron chi connectivity index (χ1n) is 6.11. The van der Waals surface area contributed by atoms with Crippen LogP contribution in [0.5, 0.6) is 0 Å². The summed E-state index contributed by atoms with van der Waals surface area (Å²) in [7, 11) is 0. The van der Waals surface area contributed by atoms with Crippen molar-refractivity contribution in [1.29, 1.82) is 0 Å². The first kappa shape index (κ1) is 11.6. The number of fused-ring (bicyclic) bond motifs is 1. The van der Waals surface area contributed by atoms with Crippen LogP contribution in [0.2, 0.25) is 0 Å². The third-order valence-electron chi connectivity index (χ3n) is 3.29. The molecule has 1 aliphatic heterocycles. The van der Waals surface area contributed by atoms with Gasteiger partial charge in [-0.05, 0) is 30.2 Å². The Morgan fingerprint density at radius 1 is 1.17 bits per heavy atom. The second kappa shape index (κ2) is 4.67. The van der Waals surface area contributed by atoms with Gasteiger partial charge in [-0.2, -0.15) is 0 Å². The normalized spacial score (nSPS) is 14.7. The van der Waals surface area contributed by atoms with Crippen LogP contribution in [0, 0.1) is 6.92 Å². The largest absolute Gasteiger partial charge is 0.292 e. The van der Waals surface area contributed by atoms with E-state index in [4.69, 9.17) is 0 Å². The van der Waals surface area contributed by atoms with Gasteiger partial charge >= 0.3 is 0 Å². The molecule has 0 saturated carbocycles. The summed E-state index contributed by atoms with van der Waals surface area (Å²) in [5.74, 6) is 0.237. The van der Waals surface area contributed by atoms with Crippen molar-refractivity contribution in [3.63, 3.8) is 0 Å². The van der Waals surface area contributed by atoms with E-state index >= 15 is 0 Å². The van der Waals surface area contributed by atoms with E-state index in [1.807, 2.05) is 19.1 Å². The molecule has 0 unspecified atom stereocenters. The third-order valence-corrected chi connectivity index (χ3v) is 4.33. The molecule has 3 heteroatoms. The van der Waals surface area contributed by atoms with Crippen molar-refractivity contribution in [3.8, 4) is 0 Å². The summed E-state index contributed by atoms with van der Waals surface area (Å²) in [6, 6.07) is 12.4. The van der Waals surface area contributed by atoms with Gasteiger partial charge in [-0.25, -0.2) is 0 Å². The molecule has 3 rings (SSSR count). The van der Waals surface area contributed by atoms with Crippen LogP contribution in [0.25, 0.3) is 0 Å². The highest BCUT2D eigenvalue weighted by atomic mass is 32.1. The molecule has 0 N–H and O–H groups in total. The predicted octanol–water partition coefficient (Wildman–Crippen LogP) is 3.26. The number of hydrogen-bond donors (Lipinski definition) is 0. The molecule has 2 nitrogen and oxygen atoms in total. The highest BCUT2D eigenvalue weighted by Crippen LogP contribution is 2.23. The highest BCUT2D eigenvalue weighted by molar-refractivity contribution is 7.14. The molecule has 0 radical (unpaired) electrons. The number of hydrogen-bond acceptors (Lipinski definition) is 3. The zero-order valence-corrected chi connectivity index (χ0v) is 11.2. The Morgan fingerprint density at radius 3 is 2.39 bits per heavy atom. The summed E-state index contributed by atoms with van der Waals surface area (Å²) in [4.78, 5) is 16.4. The number of carbonyl (C=O) groups is 1. The second-order valence-electron chi connectivity index (χ2n) is 4.75. The molecule has 2 heterocycles. The number of rotatable bonds is 3. The topological polar surface area (TPSA) is 20.3 Å². The molecular formula is C15H15NOS. The second-order valence-corrected chi connectivity index (χ2v) is 6.04. The van der Waals surface area contributed by atoms with Crippen LogP contribution in [-0.4, -0.2) is 17.2 Å². The van der Waals surface area contributed by atoms with Gasteiger partial charge < -0.3 is 0 Å². The third kappa shape index (κ3) is 2.24. The minimum atomic E-state index is 0.237. The molecule has 0 amide bonds. The molecule has 1 aromatic heterocycles. The standard InChI is InChI=1S/C15H15NOS/c1-11-6-7-15(18-11)14(17)10-16-8-12-4-2-3-5-13(12)9-16/h2-7H,8-10H2,1H3. The summed E-state index contributed by atoms with van der Waals surface area (Å²) < 4.78 is 0. The minimum Gasteiger partial charge on any atom is -0.292 e. The van der Waals surface area contributed by atoms with Gasteiger partial charge in [0, 0.05) is 18.0 Å². The maximum Gasteiger partial charge on any atom is 0.186 e. The number of carbonyl (C=O) groups excluding carboxylic acids is 1. The van der Waals surface area contributed by atoms with Crippen LogP contribution in [0.1, 0.15) is 25.7 Å². The summed E-state index contributed by atoms with van der Waals surface area (Å²) in [6.45, 7) is 4.35. The molecule has 0 bridgehead atoms. The van der Waals surface area contributed by atoms with Crippen molar-refractivity contribution in [1.82, 2.24) is 4.90 Å². The smallest absolute Gasteiger partial charge is 0.186 e. The Balaban J connectivity index is 1.68. The van der Waals surface area contributed by atoms with Crippen LogP contribution in [0.4, 0.5) is 0 Å².